The van der Waals surface area contributed by atoms with Gasteiger partial charge < -0.3 is 15.0 Å². The summed E-state index contributed by atoms with van der Waals surface area (Å²) in [5.41, 5.74) is 1.90. The lowest BCUT2D eigenvalue weighted by Gasteiger charge is -2.29. The van der Waals surface area contributed by atoms with Gasteiger partial charge in [0.05, 0.1) is 6.04 Å². The van der Waals surface area contributed by atoms with E-state index in [9.17, 15) is 9.59 Å². The Labute approximate surface area is 146 Å². The highest BCUT2D eigenvalue weighted by molar-refractivity contribution is 5.81. The summed E-state index contributed by atoms with van der Waals surface area (Å²) >= 11 is 0. The van der Waals surface area contributed by atoms with Crippen molar-refractivity contribution in [2.45, 2.75) is 25.3 Å². The van der Waals surface area contributed by atoms with Gasteiger partial charge in [-0.3, -0.25) is 9.59 Å². The molecule has 1 saturated heterocycles. The molecule has 128 valence electrons. The first-order valence-corrected chi connectivity index (χ1v) is 8.65. The first-order chi connectivity index (χ1) is 12.2. The lowest BCUT2D eigenvalue weighted by molar-refractivity contribution is -0.128. The minimum absolute atomic E-state index is 0.0591. The van der Waals surface area contributed by atoms with Gasteiger partial charge in [0.25, 0.3) is 0 Å². The van der Waals surface area contributed by atoms with Gasteiger partial charge in [0.1, 0.15) is 11.5 Å². The average molecular weight is 336 g/mol. The fourth-order valence-electron chi connectivity index (χ4n) is 3.48. The third kappa shape index (κ3) is 3.09. The van der Waals surface area contributed by atoms with E-state index in [0.717, 1.165) is 35.6 Å². The third-order valence-electron chi connectivity index (χ3n) is 4.77. The molecule has 0 aromatic heterocycles. The Kier molecular flexibility index (Phi) is 4.14. The smallest absolute Gasteiger partial charge is 0.222 e. The molecule has 0 aliphatic carbocycles. The molecule has 5 nitrogen and oxygen atoms in total. The Morgan fingerprint density at radius 1 is 1.08 bits per heavy atom. The Balaban J connectivity index is 1.51. The zero-order valence-corrected chi connectivity index (χ0v) is 13.9. The molecule has 2 heterocycles. The summed E-state index contributed by atoms with van der Waals surface area (Å²) < 4.78 is 5.94. The molecule has 2 aliphatic heterocycles. The first kappa shape index (κ1) is 15.7. The number of nitrogens with zero attached hydrogens (tertiary/aromatic N) is 1. The highest BCUT2D eigenvalue weighted by Crippen LogP contribution is 2.42. The van der Waals surface area contributed by atoms with Gasteiger partial charge >= 0.3 is 0 Å². The number of hydrogen-bond donors (Lipinski definition) is 1. The van der Waals surface area contributed by atoms with Crippen LogP contribution in [-0.2, 0) is 9.59 Å². The maximum absolute atomic E-state index is 12.5. The predicted octanol–water partition coefficient (Wildman–Crippen LogP) is 3.01. The van der Waals surface area contributed by atoms with Crippen LogP contribution in [0, 0.1) is 0 Å². The quantitative estimate of drug-likeness (QED) is 0.934. The highest BCUT2D eigenvalue weighted by Gasteiger charge is 2.28. The van der Waals surface area contributed by atoms with E-state index in [1.165, 1.54) is 0 Å². The summed E-state index contributed by atoms with van der Waals surface area (Å²) in [5, 5.41) is 3.11. The van der Waals surface area contributed by atoms with E-state index >= 15 is 0 Å². The molecule has 4 rings (SSSR count). The summed E-state index contributed by atoms with van der Waals surface area (Å²) in [6.07, 6.45) is 1.80. The number of ether oxygens (including phenoxy) is 1. The third-order valence-corrected chi connectivity index (χ3v) is 4.77. The van der Waals surface area contributed by atoms with E-state index in [4.69, 9.17) is 4.74 Å². The Morgan fingerprint density at radius 2 is 1.72 bits per heavy atom. The number of fused-ring (bicyclic) bond motifs is 2. The zero-order valence-electron chi connectivity index (χ0n) is 13.9. The molecule has 0 atom stereocenters. The number of carbonyl (C=O) groups excluding carboxylic acids is 2. The standard InChI is InChI=1S/C20H20N2O3/c23-18(11-13-22-12-5-10-19(22)24)21-20-14-6-1-3-8-16(14)25-17-9-4-2-7-15(17)20/h1-4,6-9,20H,5,10-13H2,(H,21,23). The first-order valence-electron chi connectivity index (χ1n) is 8.65. The molecule has 25 heavy (non-hydrogen) atoms. The minimum Gasteiger partial charge on any atom is -0.457 e. The van der Waals surface area contributed by atoms with Crippen molar-refractivity contribution in [3.8, 4) is 11.5 Å². The van der Waals surface area contributed by atoms with Crippen molar-refractivity contribution in [3.05, 3.63) is 59.7 Å². The lowest BCUT2D eigenvalue weighted by Crippen LogP contribution is -2.34. The summed E-state index contributed by atoms with van der Waals surface area (Å²) in [5.74, 6) is 1.62. The van der Waals surface area contributed by atoms with Crippen molar-refractivity contribution in [2.24, 2.45) is 0 Å². The van der Waals surface area contributed by atoms with Crippen molar-refractivity contribution < 1.29 is 14.3 Å². The molecule has 0 saturated carbocycles. The molecule has 2 aromatic rings. The molecular formula is C20H20N2O3. The fourth-order valence-corrected chi connectivity index (χ4v) is 3.48. The Hall–Kier alpha value is -2.82. The van der Waals surface area contributed by atoms with E-state index in [1.807, 2.05) is 48.5 Å². The second-order valence-corrected chi connectivity index (χ2v) is 6.41. The summed E-state index contributed by atoms with van der Waals surface area (Å²) in [6, 6.07) is 15.3. The molecule has 2 aliphatic rings. The SMILES string of the molecule is O=C(CCN1CCCC1=O)NC1c2ccccc2Oc2ccccc21. The number of para-hydroxylation sites is 2. The molecule has 5 heteroatoms. The molecule has 0 bridgehead atoms. The van der Waals surface area contributed by atoms with Gasteiger partial charge in [0.15, 0.2) is 0 Å². The number of amides is 2. The van der Waals surface area contributed by atoms with E-state index < -0.39 is 0 Å². The molecular weight excluding hydrogens is 316 g/mol. The Bertz CT molecular complexity index is 773. The Morgan fingerprint density at radius 3 is 2.32 bits per heavy atom. The summed E-state index contributed by atoms with van der Waals surface area (Å²) in [6.45, 7) is 1.24. The highest BCUT2D eigenvalue weighted by atomic mass is 16.5. The van der Waals surface area contributed by atoms with Crippen LogP contribution in [0.4, 0.5) is 0 Å². The molecule has 1 N–H and O–H groups in total. The van der Waals surface area contributed by atoms with Crippen LogP contribution in [0.25, 0.3) is 0 Å². The van der Waals surface area contributed by atoms with Crippen LogP contribution in [0.15, 0.2) is 48.5 Å². The molecule has 0 unspecified atom stereocenters. The zero-order chi connectivity index (χ0) is 17.2. The van der Waals surface area contributed by atoms with Crippen molar-refractivity contribution in [3.63, 3.8) is 0 Å². The van der Waals surface area contributed by atoms with Crippen LogP contribution in [0.5, 0.6) is 11.5 Å². The number of nitrogens with one attached hydrogen (secondary N) is 1. The van der Waals surface area contributed by atoms with Gasteiger partial charge in [-0.15, -0.1) is 0 Å². The van der Waals surface area contributed by atoms with Crippen molar-refractivity contribution in [2.75, 3.05) is 13.1 Å². The summed E-state index contributed by atoms with van der Waals surface area (Å²) in [7, 11) is 0. The van der Waals surface area contributed by atoms with Gasteiger partial charge in [0.2, 0.25) is 11.8 Å². The van der Waals surface area contributed by atoms with E-state index in [2.05, 4.69) is 5.32 Å². The number of benzene rings is 2. The van der Waals surface area contributed by atoms with E-state index in [0.29, 0.717) is 19.4 Å². The number of likely N-dealkylation sites (tertiary alicyclic amines) is 1. The number of carbonyl (C=O) groups is 2. The van der Waals surface area contributed by atoms with Crippen molar-refractivity contribution >= 4 is 11.8 Å². The second-order valence-electron chi connectivity index (χ2n) is 6.41. The van der Waals surface area contributed by atoms with Gasteiger partial charge in [0, 0.05) is 37.1 Å². The van der Waals surface area contributed by atoms with Crippen LogP contribution in [0.3, 0.4) is 0 Å². The number of hydrogen-bond acceptors (Lipinski definition) is 3. The van der Waals surface area contributed by atoms with E-state index in [-0.39, 0.29) is 17.9 Å². The van der Waals surface area contributed by atoms with Crippen LogP contribution >= 0.6 is 0 Å². The normalized spacial score (nSPS) is 16.2. The fraction of sp³-hybridized carbons (Fsp3) is 0.300. The molecule has 0 spiro atoms. The van der Waals surface area contributed by atoms with Gasteiger partial charge in [-0.05, 0) is 18.6 Å². The van der Waals surface area contributed by atoms with Crippen molar-refractivity contribution in [1.29, 1.82) is 0 Å². The maximum atomic E-state index is 12.5. The maximum Gasteiger partial charge on any atom is 0.222 e. The van der Waals surface area contributed by atoms with Crippen LogP contribution in [0.1, 0.15) is 36.4 Å². The minimum atomic E-state index is -0.233. The van der Waals surface area contributed by atoms with Gasteiger partial charge in [-0.1, -0.05) is 36.4 Å². The topological polar surface area (TPSA) is 58.6 Å². The largest absolute Gasteiger partial charge is 0.457 e. The van der Waals surface area contributed by atoms with Gasteiger partial charge in [-0.2, -0.15) is 0 Å². The monoisotopic (exact) mass is 336 g/mol. The number of rotatable bonds is 4. The molecule has 0 radical (unpaired) electrons. The molecule has 2 aromatic carbocycles. The van der Waals surface area contributed by atoms with Crippen LogP contribution in [-0.4, -0.2) is 29.8 Å². The molecule has 2 amide bonds. The molecule has 1 fully saturated rings. The van der Waals surface area contributed by atoms with E-state index in [1.54, 1.807) is 4.90 Å². The van der Waals surface area contributed by atoms with Crippen LogP contribution < -0.4 is 10.1 Å². The average Bonchev–Trinajstić information content (AvgIpc) is 3.05. The van der Waals surface area contributed by atoms with Crippen LogP contribution in [0.2, 0.25) is 0 Å². The lowest BCUT2D eigenvalue weighted by atomic mass is 9.94. The second kappa shape index (κ2) is 6.59. The predicted molar refractivity (Wildman–Crippen MR) is 93.4 cm³/mol. The van der Waals surface area contributed by atoms with Crippen molar-refractivity contribution in [1.82, 2.24) is 10.2 Å². The van der Waals surface area contributed by atoms with Gasteiger partial charge in [-0.25, -0.2) is 0 Å². The summed E-state index contributed by atoms with van der Waals surface area (Å²) in [4.78, 5) is 26.0.